The predicted octanol–water partition coefficient (Wildman–Crippen LogP) is 13.2. The maximum atomic E-state index is 12.0. The number of fused-ring (bicyclic) bond motifs is 18. The molecule has 6 atom stereocenters. The van der Waals surface area contributed by atoms with Gasteiger partial charge in [-0.15, -0.1) is 0 Å². The lowest BCUT2D eigenvalue weighted by atomic mass is 10.0. The molecular formula is C72H63N15O3. The van der Waals surface area contributed by atoms with Crippen LogP contribution in [0.5, 0.6) is 0 Å². The lowest BCUT2D eigenvalue weighted by Crippen LogP contribution is -2.12. The minimum absolute atomic E-state index is 0.447. The smallest absolute Gasteiger partial charge is 0.249 e. The van der Waals surface area contributed by atoms with Crippen LogP contribution in [0.2, 0.25) is 0 Å². The summed E-state index contributed by atoms with van der Waals surface area (Å²) in [7, 11) is 0. The van der Waals surface area contributed by atoms with Crippen LogP contribution in [0.3, 0.4) is 0 Å². The molecule has 6 aliphatic rings. The summed E-state index contributed by atoms with van der Waals surface area (Å²) in [4.78, 5) is 78.8. The van der Waals surface area contributed by atoms with E-state index < -0.39 is 17.7 Å². The second-order valence-electron chi connectivity index (χ2n) is 25.0. The van der Waals surface area contributed by atoms with E-state index in [9.17, 15) is 14.4 Å². The molecule has 2 unspecified atom stereocenters. The lowest BCUT2D eigenvalue weighted by molar-refractivity contribution is 0.0993. The first-order valence-corrected chi connectivity index (χ1v) is 31.1. The number of nitrogens with zero attached hydrogens (tertiary/aromatic N) is 12. The van der Waals surface area contributed by atoms with Gasteiger partial charge in [0.05, 0.1) is 67.4 Å². The summed E-state index contributed by atoms with van der Waals surface area (Å²) in [6, 6.07) is 42.7. The fourth-order valence-corrected chi connectivity index (χ4v) is 15.5. The Kier molecular flexibility index (Phi) is 13.0. The molecule has 3 fully saturated rings. The Balaban J connectivity index is 0.000000108. The molecule has 0 radical (unpaired) electrons. The summed E-state index contributed by atoms with van der Waals surface area (Å²) in [6.07, 6.45) is 15.5. The zero-order valence-electron chi connectivity index (χ0n) is 50.0. The van der Waals surface area contributed by atoms with Crippen LogP contribution in [-0.4, -0.2) is 76.3 Å². The standard InChI is InChI=1S/3C24H21N5O/c3*1-13-3-2-4-20(27-13)21-22(29-16-7-5-15(11-16)24(29)28-21)14-6-8-19-18(12-14)17(23(25)30)9-10-26-19/h3*2-4,6,8-10,12,15-16H,5,7,11H2,1H3,(H2,25,30)/t2*15-,16+;/m10./s1. The van der Waals surface area contributed by atoms with Gasteiger partial charge >= 0.3 is 0 Å². The van der Waals surface area contributed by atoms with E-state index in [1.54, 1.807) is 36.8 Å². The van der Waals surface area contributed by atoms with Crippen LogP contribution >= 0.6 is 0 Å². The summed E-state index contributed by atoms with van der Waals surface area (Å²) in [5.74, 6) is 3.73. The van der Waals surface area contributed by atoms with E-state index in [1.807, 2.05) is 112 Å². The first kappa shape index (κ1) is 54.7. The van der Waals surface area contributed by atoms with Gasteiger partial charge in [0.1, 0.15) is 34.6 Å². The average Bonchev–Trinajstić information content (AvgIpc) is 1.62. The normalized spacial score (nSPS) is 19.4. The third kappa shape index (κ3) is 9.05. The molecule has 3 aliphatic heterocycles. The number of aryl methyl sites for hydroxylation is 3. The van der Waals surface area contributed by atoms with Crippen molar-refractivity contribution in [1.82, 2.24) is 58.6 Å². The van der Waals surface area contributed by atoms with Crippen molar-refractivity contribution in [3.63, 3.8) is 0 Å². The van der Waals surface area contributed by atoms with Gasteiger partial charge < -0.3 is 30.9 Å². The highest BCUT2D eigenvalue weighted by Gasteiger charge is 2.44. The molecule has 0 spiro atoms. The number of imidazole rings is 3. The predicted molar refractivity (Wildman–Crippen MR) is 345 cm³/mol. The Bertz CT molecular complexity index is 4510. The van der Waals surface area contributed by atoms with E-state index in [2.05, 4.69) is 46.9 Å². The summed E-state index contributed by atoms with van der Waals surface area (Å²) in [5.41, 5.74) is 35.2. The van der Waals surface area contributed by atoms with Crippen LogP contribution in [0.25, 0.3) is 101 Å². The molecule has 12 heterocycles. The minimum Gasteiger partial charge on any atom is -0.366 e. The summed E-state index contributed by atoms with van der Waals surface area (Å²) in [6.45, 7) is 5.99. The van der Waals surface area contributed by atoms with Crippen molar-refractivity contribution in [2.75, 3.05) is 0 Å². The van der Waals surface area contributed by atoms with Crippen LogP contribution in [-0.2, 0) is 0 Å². The molecule has 3 saturated carbocycles. The van der Waals surface area contributed by atoms with Gasteiger partial charge in [-0.3, -0.25) is 44.3 Å². The number of pyridine rings is 6. The van der Waals surface area contributed by atoms with Crippen molar-refractivity contribution >= 4 is 50.4 Å². The monoisotopic (exact) mass is 1190 g/mol. The van der Waals surface area contributed by atoms with Gasteiger partial charge in [-0.25, -0.2) is 15.0 Å². The van der Waals surface area contributed by atoms with Crippen molar-refractivity contribution in [2.45, 2.75) is 114 Å². The summed E-state index contributed by atoms with van der Waals surface area (Å²) < 4.78 is 7.24. The van der Waals surface area contributed by atoms with E-state index >= 15 is 0 Å². The molecule has 90 heavy (non-hydrogen) atoms. The van der Waals surface area contributed by atoms with Gasteiger partial charge in [0, 0.05) is 104 Å². The summed E-state index contributed by atoms with van der Waals surface area (Å²) >= 11 is 0. The van der Waals surface area contributed by atoms with Crippen LogP contribution in [0.4, 0.5) is 0 Å². The fourth-order valence-electron chi connectivity index (χ4n) is 15.5. The highest BCUT2D eigenvalue weighted by molar-refractivity contribution is 6.08. The highest BCUT2D eigenvalue weighted by Crippen LogP contribution is 2.55. The van der Waals surface area contributed by atoms with Gasteiger partial charge in [-0.1, -0.05) is 36.4 Å². The first-order valence-electron chi connectivity index (χ1n) is 31.1. The number of carbonyl (C=O) groups excluding carboxylic acids is 3. The van der Waals surface area contributed by atoms with Crippen LogP contribution in [0, 0.1) is 20.8 Å². The average molecular weight is 1190 g/mol. The second-order valence-corrected chi connectivity index (χ2v) is 25.0. The molecule has 3 amide bonds. The number of benzene rings is 3. The Hall–Kier alpha value is -10.6. The van der Waals surface area contributed by atoms with Crippen LogP contribution in [0.1, 0.15) is 159 Å². The maximum absolute atomic E-state index is 12.0. The number of carbonyl (C=O) groups is 3. The summed E-state index contributed by atoms with van der Waals surface area (Å²) in [5, 5.41) is 2.30. The molecule has 444 valence electrons. The Morgan fingerprint density at radius 2 is 0.678 bits per heavy atom. The number of aromatic nitrogens is 12. The van der Waals surface area contributed by atoms with E-state index in [0.29, 0.717) is 52.6 Å². The lowest BCUT2D eigenvalue weighted by Gasteiger charge is -2.18. The van der Waals surface area contributed by atoms with Crippen molar-refractivity contribution in [3.8, 4) is 67.9 Å². The number of rotatable bonds is 9. The van der Waals surface area contributed by atoms with Crippen molar-refractivity contribution in [2.24, 2.45) is 17.2 Å². The van der Waals surface area contributed by atoms with Crippen molar-refractivity contribution < 1.29 is 14.4 Å². The largest absolute Gasteiger partial charge is 0.366 e. The number of amides is 3. The zero-order valence-corrected chi connectivity index (χ0v) is 50.0. The number of nitrogens with two attached hydrogens (primary N) is 3. The molecule has 18 heteroatoms. The molecular weight excluding hydrogens is 1120 g/mol. The van der Waals surface area contributed by atoms with Crippen molar-refractivity contribution in [3.05, 3.63) is 197 Å². The molecule has 12 aromatic rings. The third-order valence-electron chi connectivity index (χ3n) is 19.5. The Morgan fingerprint density at radius 3 is 0.956 bits per heavy atom. The first-order chi connectivity index (χ1) is 43.8. The van der Waals surface area contributed by atoms with E-state index in [4.69, 9.17) is 47.1 Å². The second kappa shape index (κ2) is 21.3. The third-order valence-corrected chi connectivity index (χ3v) is 19.5. The van der Waals surface area contributed by atoms with Crippen LogP contribution in [0.15, 0.2) is 146 Å². The minimum atomic E-state index is -0.447. The number of hydrogen-bond acceptors (Lipinski definition) is 12. The van der Waals surface area contributed by atoms with Gasteiger partial charge in [0.25, 0.3) is 0 Å². The zero-order chi connectivity index (χ0) is 61.2. The van der Waals surface area contributed by atoms with Gasteiger partial charge in [0.2, 0.25) is 17.7 Å². The van der Waals surface area contributed by atoms with Crippen LogP contribution < -0.4 is 17.2 Å². The molecule has 3 aliphatic carbocycles. The van der Waals surface area contributed by atoms with E-state index in [1.165, 1.54) is 75.3 Å². The highest BCUT2D eigenvalue weighted by atomic mass is 16.2. The van der Waals surface area contributed by atoms with Crippen molar-refractivity contribution in [1.29, 1.82) is 0 Å². The fraction of sp³-hybridized carbons (Fsp3) is 0.250. The maximum Gasteiger partial charge on any atom is 0.249 e. The van der Waals surface area contributed by atoms with Gasteiger partial charge in [0.15, 0.2) is 0 Å². The topological polar surface area (TPSA) is 260 Å². The number of hydrogen-bond donors (Lipinski definition) is 3. The molecule has 6 N–H and O–H groups in total. The van der Waals surface area contributed by atoms with E-state index in [-0.39, 0.29) is 0 Å². The molecule has 18 nitrogen and oxygen atoms in total. The molecule has 6 bridgehead atoms. The van der Waals surface area contributed by atoms with Gasteiger partial charge in [-0.2, -0.15) is 0 Å². The Labute approximate surface area is 517 Å². The van der Waals surface area contributed by atoms with Gasteiger partial charge in [-0.05, 0) is 170 Å². The molecule has 0 saturated heterocycles. The quantitative estimate of drug-likeness (QED) is 0.122. The SMILES string of the molecule is Cc1cccc(-c2nc3n(c2-c2ccc4nccc(C(N)=O)c4c2)C2CCC3C2)n1.Cc1cccc(-c2nc3n(c2-c2ccc4nccc(C(N)=O)c4c2)[C@@H]2CC[C@H]3C2)n1.Cc1cccc(-c2nc3n(c2-c2ccc4nccc(C(N)=O)c4c2)[C@H]2CC[C@@H]3C2)n1. The molecule has 3 aromatic carbocycles. The number of primary amides is 3. The molecule has 9 aromatic heterocycles. The Morgan fingerprint density at radius 1 is 0.378 bits per heavy atom. The van der Waals surface area contributed by atoms with E-state index in [0.717, 1.165) is 118 Å². The molecule has 18 rings (SSSR count).